The third-order valence-corrected chi connectivity index (χ3v) is 4.71. The minimum atomic E-state index is -0.354. The van der Waals surface area contributed by atoms with Gasteiger partial charge in [-0.2, -0.15) is 0 Å². The van der Waals surface area contributed by atoms with Gasteiger partial charge in [0.05, 0.1) is 27.4 Å². The van der Waals surface area contributed by atoms with E-state index in [9.17, 15) is 9.59 Å². The van der Waals surface area contributed by atoms with Gasteiger partial charge in [-0.05, 0) is 29.8 Å². The molecule has 1 amide bonds. The molecule has 0 aliphatic carbocycles. The molecule has 0 saturated carbocycles. The maximum Gasteiger partial charge on any atom is 0.338 e. The average Bonchev–Trinajstić information content (AvgIpc) is 3.03. The fourth-order valence-electron chi connectivity index (χ4n) is 2.33. The molecular formula is C19H18N2O3S. The lowest BCUT2D eigenvalue weighted by Crippen LogP contribution is -2.18. The number of fused-ring (bicyclic) bond motifs is 1. The van der Waals surface area contributed by atoms with Gasteiger partial charge in [-0.1, -0.05) is 24.3 Å². The number of amides is 1. The molecule has 0 aliphatic rings. The molecule has 0 bridgehead atoms. The lowest BCUT2D eigenvalue weighted by atomic mass is 10.1. The Morgan fingerprint density at radius 2 is 1.88 bits per heavy atom. The molecule has 6 heteroatoms. The largest absolute Gasteiger partial charge is 0.462 e. The molecule has 0 unspecified atom stereocenters. The van der Waals surface area contributed by atoms with Crippen LogP contribution in [0.1, 0.15) is 27.9 Å². The van der Waals surface area contributed by atoms with Crippen LogP contribution >= 0.6 is 11.3 Å². The van der Waals surface area contributed by atoms with Crippen molar-refractivity contribution in [3.05, 3.63) is 64.7 Å². The van der Waals surface area contributed by atoms with Crippen LogP contribution in [0.3, 0.4) is 0 Å². The summed E-state index contributed by atoms with van der Waals surface area (Å²) in [6.45, 7) is 2.21. The van der Waals surface area contributed by atoms with E-state index in [4.69, 9.17) is 4.74 Å². The molecule has 2 aromatic carbocycles. The van der Waals surface area contributed by atoms with Gasteiger partial charge in [-0.25, -0.2) is 9.78 Å². The maximum absolute atomic E-state index is 12.1. The fourth-order valence-corrected chi connectivity index (χ4v) is 3.27. The summed E-state index contributed by atoms with van der Waals surface area (Å²) in [6, 6.07) is 15.0. The zero-order chi connectivity index (χ0) is 17.6. The smallest absolute Gasteiger partial charge is 0.338 e. The summed E-state index contributed by atoms with van der Waals surface area (Å²) in [5.41, 5.74) is 2.40. The standard InChI is InChI=1S/C19H18N2O3S/c1-13(22)20-12-14-6-8-15(9-7-14)19(23)24-11-10-18-21-16-4-2-3-5-17(16)25-18/h2-9H,10-12H2,1H3,(H,20,22). The second kappa shape index (κ2) is 7.90. The van der Waals surface area contributed by atoms with E-state index in [2.05, 4.69) is 10.3 Å². The van der Waals surface area contributed by atoms with Gasteiger partial charge >= 0.3 is 5.97 Å². The Hall–Kier alpha value is -2.73. The molecule has 0 saturated heterocycles. The van der Waals surface area contributed by atoms with Crippen molar-refractivity contribution in [3.63, 3.8) is 0 Å². The van der Waals surface area contributed by atoms with Crippen LogP contribution in [0.5, 0.6) is 0 Å². The fraction of sp³-hybridized carbons (Fsp3) is 0.211. The SMILES string of the molecule is CC(=O)NCc1ccc(C(=O)OCCc2nc3ccccc3s2)cc1. The minimum Gasteiger partial charge on any atom is -0.462 e. The molecule has 128 valence electrons. The van der Waals surface area contributed by atoms with E-state index in [-0.39, 0.29) is 11.9 Å². The minimum absolute atomic E-state index is 0.0849. The van der Waals surface area contributed by atoms with Crippen LogP contribution in [0.15, 0.2) is 48.5 Å². The number of carbonyl (C=O) groups excluding carboxylic acids is 2. The molecule has 1 aromatic heterocycles. The highest BCUT2D eigenvalue weighted by Crippen LogP contribution is 2.21. The highest BCUT2D eigenvalue weighted by molar-refractivity contribution is 7.18. The third kappa shape index (κ3) is 4.64. The highest BCUT2D eigenvalue weighted by atomic mass is 32.1. The van der Waals surface area contributed by atoms with Gasteiger partial charge in [0.1, 0.15) is 0 Å². The Morgan fingerprint density at radius 3 is 2.60 bits per heavy atom. The van der Waals surface area contributed by atoms with Crippen molar-refractivity contribution >= 4 is 33.4 Å². The van der Waals surface area contributed by atoms with E-state index in [1.807, 2.05) is 24.3 Å². The van der Waals surface area contributed by atoms with Crippen molar-refractivity contribution in [2.45, 2.75) is 19.9 Å². The Morgan fingerprint density at radius 1 is 1.12 bits per heavy atom. The lowest BCUT2D eigenvalue weighted by molar-refractivity contribution is -0.119. The summed E-state index contributed by atoms with van der Waals surface area (Å²) < 4.78 is 6.46. The summed E-state index contributed by atoms with van der Waals surface area (Å²) in [5, 5.41) is 3.67. The third-order valence-electron chi connectivity index (χ3n) is 3.62. The lowest BCUT2D eigenvalue weighted by Gasteiger charge is -2.05. The molecule has 0 radical (unpaired) electrons. The molecule has 3 aromatic rings. The predicted molar refractivity (Wildman–Crippen MR) is 97.6 cm³/mol. The molecule has 0 aliphatic heterocycles. The zero-order valence-corrected chi connectivity index (χ0v) is 14.6. The first-order chi connectivity index (χ1) is 12.1. The monoisotopic (exact) mass is 354 g/mol. The van der Waals surface area contributed by atoms with E-state index in [1.54, 1.807) is 35.6 Å². The van der Waals surface area contributed by atoms with Crippen LogP contribution in [0.4, 0.5) is 0 Å². The number of para-hydroxylation sites is 1. The van der Waals surface area contributed by atoms with Crippen molar-refractivity contribution in [2.75, 3.05) is 6.61 Å². The van der Waals surface area contributed by atoms with Gasteiger partial charge in [-0.15, -0.1) is 11.3 Å². The molecule has 5 nitrogen and oxygen atoms in total. The number of ether oxygens (including phenoxy) is 1. The van der Waals surface area contributed by atoms with E-state index >= 15 is 0 Å². The molecule has 0 spiro atoms. The maximum atomic E-state index is 12.1. The molecule has 0 fully saturated rings. The Labute approximate surface area is 149 Å². The van der Waals surface area contributed by atoms with Crippen LogP contribution in [-0.2, 0) is 22.5 Å². The number of rotatable bonds is 6. The highest BCUT2D eigenvalue weighted by Gasteiger charge is 2.09. The van der Waals surface area contributed by atoms with Crippen molar-refractivity contribution < 1.29 is 14.3 Å². The summed E-state index contributed by atoms with van der Waals surface area (Å²) in [6.07, 6.45) is 0.603. The molecule has 25 heavy (non-hydrogen) atoms. The topological polar surface area (TPSA) is 68.3 Å². The summed E-state index contributed by atoms with van der Waals surface area (Å²) in [4.78, 5) is 27.5. The van der Waals surface area contributed by atoms with Gasteiger partial charge in [0, 0.05) is 19.9 Å². The average molecular weight is 354 g/mol. The first kappa shape index (κ1) is 17.1. The van der Waals surface area contributed by atoms with Crippen molar-refractivity contribution in [3.8, 4) is 0 Å². The summed E-state index contributed by atoms with van der Waals surface area (Å²) in [5.74, 6) is -0.439. The van der Waals surface area contributed by atoms with Crippen LogP contribution in [0, 0.1) is 0 Å². The number of nitrogens with zero attached hydrogens (tertiary/aromatic N) is 1. The van der Waals surface area contributed by atoms with Crippen LogP contribution in [-0.4, -0.2) is 23.5 Å². The number of carbonyl (C=O) groups is 2. The van der Waals surface area contributed by atoms with Crippen molar-refractivity contribution in [1.29, 1.82) is 0 Å². The number of hydrogen-bond donors (Lipinski definition) is 1. The van der Waals surface area contributed by atoms with Gasteiger partial charge < -0.3 is 10.1 Å². The van der Waals surface area contributed by atoms with Crippen LogP contribution < -0.4 is 5.32 Å². The van der Waals surface area contributed by atoms with E-state index in [1.165, 1.54) is 6.92 Å². The van der Waals surface area contributed by atoms with Crippen LogP contribution in [0.2, 0.25) is 0 Å². The molecule has 1 N–H and O–H groups in total. The quantitative estimate of drug-likeness (QED) is 0.690. The molecule has 3 rings (SSSR count). The zero-order valence-electron chi connectivity index (χ0n) is 13.8. The van der Waals surface area contributed by atoms with E-state index in [0.717, 1.165) is 20.8 Å². The van der Waals surface area contributed by atoms with E-state index in [0.29, 0.717) is 25.1 Å². The Bertz CT molecular complexity index is 854. The number of hydrogen-bond acceptors (Lipinski definition) is 5. The van der Waals surface area contributed by atoms with Gasteiger partial charge in [-0.3, -0.25) is 4.79 Å². The Kier molecular flexibility index (Phi) is 5.40. The molecular weight excluding hydrogens is 336 g/mol. The second-order valence-corrected chi connectivity index (χ2v) is 6.68. The second-order valence-electron chi connectivity index (χ2n) is 5.57. The van der Waals surface area contributed by atoms with E-state index < -0.39 is 0 Å². The first-order valence-electron chi connectivity index (χ1n) is 7.97. The normalized spacial score (nSPS) is 10.6. The summed E-state index contributed by atoms with van der Waals surface area (Å²) >= 11 is 1.62. The number of nitrogens with one attached hydrogen (secondary N) is 1. The molecule has 0 atom stereocenters. The number of aromatic nitrogens is 1. The van der Waals surface area contributed by atoms with Gasteiger partial charge in [0.25, 0.3) is 0 Å². The van der Waals surface area contributed by atoms with Crippen LogP contribution in [0.25, 0.3) is 10.2 Å². The van der Waals surface area contributed by atoms with Crippen molar-refractivity contribution in [1.82, 2.24) is 10.3 Å². The van der Waals surface area contributed by atoms with Crippen molar-refractivity contribution in [2.24, 2.45) is 0 Å². The van der Waals surface area contributed by atoms with Gasteiger partial charge in [0.2, 0.25) is 5.91 Å². The predicted octanol–water partition coefficient (Wildman–Crippen LogP) is 3.33. The Balaban J connectivity index is 1.51. The van der Waals surface area contributed by atoms with Gasteiger partial charge in [0.15, 0.2) is 0 Å². The first-order valence-corrected chi connectivity index (χ1v) is 8.78. The molecule has 1 heterocycles. The number of benzene rings is 2. The number of thiazole rings is 1. The number of esters is 1. The summed E-state index contributed by atoms with van der Waals surface area (Å²) in [7, 11) is 0.